The number of carbonyl (C=O) groups excluding carboxylic acids is 2. The van der Waals surface area contributed by atoms with Crippen molar-refractivity contribution in [2.45, 2.75) is 13.1 Å². The quantitative estimate of drug-likeness (QED) is 0.340. The van der Waals surface area contributed by atoms with E-state index in [0.29, 0.717) is 17.8 Å². The fraction of sp³-hybridized carbons (Fsp3) is 0.217. The van der Waals surface area contributed by atoms with Crippen molar-refractivity contribution in [2.24, 2.45) is 0 Å². The number of pyridine rings is 2. The zero-order valence-corrected chi connectivity index (χ0v) is 19.6. The minimum atomic E-state index is -5.04. The van der Waals surface area contributed by atoms with Gasteiger partial charge in [-0.25, -0.2) is 19.2 Å². The molecule has 0 radical (unpaired) electrons. The molecule has 3 rings (SSSR count). The average Bonchev–Trinajstić information content (AvgIpc) is 2.86. The van der Waals surface area contributed by atoms with Crippen LogP contribution in [0.5, 0.6) is 23.0 Å². The number of alkyl halides is 3. The summed E-state index contributed by atoms with van der Waals surface area (Å²) in [4.78, 5) is 32.3. The van der Waals surface area contributed by atoms with Crippen LogP contribution in [0, 0.1) is 18.6 Å². The summed E-state index contributed by atoms with van der Waals surface area (Å²) in [6.45, 7) is 1.51. The van der Waals surface area contributed by atoms with Gasteiger partial charge in [-0.2, -0.15) is 17.6 Å². The first-order valence-electron chi connectivity index (χ1n) is 10.1. The Morgan fingerprint density at radius 2 is 1.62 bits per heavy atom. The molecule has 1 aromatic carbocycles. The number of nitrogens with zero attached hydrogens (tertiary/aromatic N) is 2. The van der Waals surface area contributed by atoms with Crippen LogP contribution in [0.15, 0.2) is 30.6 Å². The molecule has 0 aliphatic rings. The number of methoxy groups -OCH3 is 3. The van der Waals surface area contributed by atoms with Crippen LogP contribution in [0.3, 0.4) is 0 Å². The van der Waals surface area contributed by atoms with Gasteiger partial charge in [-0.15, -0.1) is 0 Å². The topological polar surface area (TPSA) is 109 Å². The number of nitrogens with one attached hydrogen (secondary N) is 1. The first-order valence-corrected chi connectivity index (χ1v) is 10.1. The van der Waals surface area contributed by atoms with Crippen molar-refractivity contribution in [3.8, 4) is 23.0 Å². The third-order valence-corrected chi connectivity index (χ3v) is 4.88. The van der Waals surface area contributed by atoms with Crippen molar-refractivity contribution < 1.29 is 50.5 Å². The number of aromatic nitrogens is 2. The summed E-state index contributed by atoms with van der Waals surface area (Å²) in [7, 11) is 2.99. The highest BCUT2D eigenvalue weighted by atomic mass is 19.4. The number of rotatable bonds is 7. The fourth-order valence-electron chi connectivity index (χ4n) is 3.13. The molecule has 1 N–H and O–H groups in total. The first-order chi connectivity index (χ1) is 17.4. The van der Waals surface area contributed by atoms with Gasteiger partial charge in [0.05, 0.1) is 27.5 Å². The molecule has 0 fully saturated rings. The predicted octanol–water partition coefficient (Wildman–Crippen LogP) is 4.93. The number of hydrogen-bond donors (Lipinski definition) is 1. The van der Waals surface area contributed by atoms with Crippen LogP contribution in [0.25, 0.3) is 0 Å². The lowest BCUT2D eigenvalue weighted by Gasteiger charge is -2.19. The van der Waals surface area contributed by atoms with Crippen molar-refractivity contribution in [3.63, 3.8) is 0 Å². The summed E-state index contributed by atoms with van der Waals surface area (Å²) in [5.41, 5.74) is -2.18. The molecule has 9 nitrogen and oxygen atoms in total. The molecule has 0 aliphatic carbocycles. The molecule has 0 atom stereocenters. The van der Waals surface area contributed by atoms with E-state index in [-0.39, 0.29) is 11.4 Å². The second-order valence-corrected chi connectivity index (χ2v) is 7.20. The van der Waals surface area contributed by atoms with Gasteiger partial charge in [0, 0.05) is 11.9 Å². The normalized spacial score (nSPS) is 11.1. The van der Waals surface area contributed by atoms with Gasteiger partial charge in [0.2, 0.25) is 11.6 Å². The van der Waals surface area contributed by atoms with E-state index in [0.717, 1.165) is 33.5 Å². The zero-order valence-electron chi connectivity index (χ0n) is 19.6. The van der Waals surface area contributed by atoms with Gasteiger partial charge in [-0.05, 0) is 30.7 Å². The molecule has 0 unspecified atom stereocenters. The predicted molar refractivity (Wildman–Crippen MR) is 117 cm³/mol. The Hall–Kier alpha value is -4.49. The third-order valence-electron chi connectivity index (χ3n) is 4.88. The summed E-state index contributed by atoms with van der Waals surface area (Å²) in [5, 5.41) is 2.37. The number of benzene rings is 1. The van der Waals surface area contributed by atoms with E-state index >= 15 is 0 Å². The number of carbonyl (C=O) groups is 2. The highest BCUT2D eigenvalue weighted by Crippen LogP contribution is 2.43. The lowest BCUT2D eigenvalue weighted by molar-refractivity contribution is -0.142. The number of esters is 1. The van der Waals surface area contributed by atoms with Crippen LogP contribution in [0.2, 0.25) is 0 Å². The smallest absolute Gasteiger partial charge is 0.437 e. The molecular weight excluding hydrogens is 509 g/mol. The highest BCUT2D eigenvalue weighted by Gasteiger charge is 2.40. The molecule has 2 aromatic heterocycles. The first kappa shape index (κ1) is 27.1. The molecule has 0 aliphatic heterocycles. The van der Waals surface area contributed by atoms with Crippen molar-refractivity contribution in [2.75, 3.05) is 26.6 Å². The van der Waals surface area contributed by atoms with Crippen LogP contribution >= 0.6 is 0 Å². The summed E-state index contributed by atoms with van der Waals surface area (Å²) < 4.78 is 88.4. The largest absolute Gasteiger partial charge is 0.493 e. The summed E-state index contributed by atoms with van der Waals surface area (Å²) in [6, 6.07) is 2.78. The number of halogens is 5. The van der Waals surface area contributed by atoms with Crippen LogP contribution in [-0.2, 0) is 10.9 Å². The molecule has 0 saturated heterocycles. The van der Waals surface area contributed by atoms with E-state index in [1.54, 1.807) is 0 Å². The minimum Gasteiger partial charge on any atom is -0.493 e. The summed E-state index contributed by atoms with van der Waals surface area (Å²) >= 11 is 0. The number of amides is 1. The standard InChI is InChI=1S/C23H18F5N3O6/c1-10-8-29-13(22(33)36-4)7-12(10)31-21(32)16-15(9-30-20(19(16)35-3)23(26,27)28)37-14-6-5-11(24)17(25)18(14)34-2/h5-9H,1-4H3,(H,29,31,32). The Morgan fingerprint density at radius 3 is 2.22 bits per heavy atom. The second kappa shape index (κ2) is 10.6. The number of anilines is 1. The van der Waals surface area contributed by atoms with Gasteiger partial charge >= 0.3 is 12.1 Å². The molecule has 1 amide bonds. The molecule has 0 bridgehead atoms. The van der Waals surface area contributed by atoms with Crippen LogP contribution in [0.1, 0.15) is 32.1 Å². The third kappa shape index (κ3) is 5.52. The molecule has 196 valence electrons. The monoisotopic (exact) mass is 527 g/mol. The van der Waals surface area contributed by atoms with Crippen molar-refractivity contribution in [1.29, 1.82) is 0 Å². The van der Waals surface area contributed by atoms with Crippen LogP contribution in [0.4, 0.5) is 27.6 Å². The lowest BCUT2D eigenvalue weighted by Crippen LogP contribution is -2.20. The van der Waals surface area contributed by atoms with E-state index in [9.17, 15) is 31.5 Å². The maximum atomic E-state index is 14.2. The number of aryl methyl sites for hydroxylation is 1. The maximum Gasteiger partial charge on any atom is 0.437 e. The van der Waals surface area contributed by atoms with Gasteiger partial charge < -0.3 is 24.3 Å². The Bertz CT molecular complexity index is 1360. The molecule has 14 heteroatoms. The highest BCUT2D eigenvalue weighted by molar-refractivity contribution is 6.09. The van der Waals surface area contributed by atoms with Crippen molar-refractivity contribution >= 4 is 17.6 Å². The Kier molecular flexibility index (Phi) is 7.79. The van der Waals surface area contributed by atoms with E-state index in [4.69, 9.17) is 14.2 Å². The van der Waals surface area contributed by atoms with E-state index < -0.39 is 63.9 Å². The van der Waals surface area contributed by atoms with E-state index in [1.807, 2.05) is 0 Å². The van der Waals surface area contributed by atoms with Crippen LogP contribution < -0.4 is 19.5 Å². The number of hydrogen-bond acceptors (Lipinski definition) is 8. The minimum absolute atomic E-state index is 0.00387. The second-order valence-electron chi connectivity index (χ2n) is 7.20. The Morgan fingerprint density at radius 1 is 0.946 bits per heavy atom. The molecule has 2 heterocycles. The molecule has 0 spiro atoms. The summed E-state index contributed by atoms with van der Waals surface area (Å²) in [5.74, 6) is -7.50. The van der Waals surface area contributed by atoms with Gasteiger partial charge in [-0.3, -0.25) is 4.79 Å². The Balaban J connectivity index is 2.17. The van der Waals surface area contributed by atoms with Gasteiger partial charge in [0.25, 0.3) is 5.91 Å². The van der Waals surface area contributed by atoms with E-state index in [1.165, 1.54) is 13.1 Å². The van der Waals surface area contributed by atoms with Gasteiger partial charge in [-0.1, -0.05) is 0 Å². The maximum absolute atomic E-state index is 14.2. The van der Waals surface area contributed by atoms with Crippen molar-refractivity contribution in [1.82, 2.24) is 9.97 Å². The molecular formula is C23H18F5N3O6. The van der Waals surface area contributed by atoms with E-state index in [2.05, 4.69) is 20.0 Å². The van der Waals surface area contributed by atoms with Crippen molar-refractivity contribution in [3.05, 3.63) is 64.7 Å². The molecule has 0 saturated carbocycles. The number of ether oxygens (including phenoxy) is 4. The van der Waals surface area contributed by atoms with Gasteiger partial charge in [0.15, 0.2) is 28.8 Å². The summed E-state index contributed by atoms with van der Waals surface area (Å²) in [6.07, 6.45) is -3.24. The average molecular weight is 527 g/mol. The lowest BCUT2D eigenvalue weighted by atomic mass is 10.1. The zero-order chi connectivity index (χ0) is 27.5. The SMILES string of the molecule is COC(=O)c1cc(NC(=O)c2c(Oc3ccc(F)c(F)c3OC)cnc(C(F)(F)F)c2OC)c(C)cn1. The molecule has 37 heavy (non-hydrogen) atoms. The van der Waals surface area contributed by atoms with Crippen LogP contribution in [-0.4, -0.2) is 43.2 Å². The molecule has 3 aromatic rings. The fourth-order valence-corrected chi connectivity index (χ4v) is 3.13. The Labute approximate surface area is 206 Å². The van der Waals surface area contributed by atoms with Gasteiger partial charge in [0.1, 0.15) is 11.3 Å².